The van der Waals surface area contributed by atoms with Crippen LogP contribution in [0, 0.1) is 0 Å². The van der Waals surface area contributed by atoms with Crippen LogP contribution in [-0.4, -0.2) is 16.6 Å². The van der Waals surface area contributed by atoms with Gasteiger partial charge in [-0.2, -0.15) is 0 Å². The number of nitrogens with zero attached hydrogens (tertiary/aromatic N) is 1. The second-order valence-electron chi connectivity index (χ2n) is 2.43. The maximum Gasteiger partial charge on any atom is 0.573 e. The smallest absolute Gasteiger partial charge is 0.405 e. The van der Waals surface area contributed by atoms with E-state index in [1.54, 1.807) is 0 Å². The lowest BCUT2D eigenvalue weighted by atomic mass is 10.3. The molecule has 1 rings (SSSR count). The minimum Gasteiger partial charge on any atom is -0.405 e. The van der Waals surface area contributed by atoms with Gasteiger partial charge < -0.3 is 10.5 Å². The number of pyridine rings is 1. The van der Waals surface area contributed by atoms with E-state index in [-0.39, 0.29) is 5.82 Å². The van der Waals surface area contributed by atoms with E-state index in [9.17, 15) is 18.0 Å². The molecule has 0 aliphatic rings. The Bertz CT molecular complexity index is 394. The summed E-state index contributed by atoms with van der Waals surface area (Å²) in [5.41, 5.74) is 4.64. The molecule has 0 atom stereocenters. The highest BCUT2D eigenvalue weighted by Crippen LogP contribution is 2.28. The normalized spacial score (nSPS) is 11.2. The Morgan fingerprint density at radius 1 is 1.53 bits per heavy atom. The van der Waals surface area contributed by atoms with E-state index >= 15 is 0 Å². The maximum absolute atomic E-state index is 11.9. The largest absolute Gasteiger partial charge is 0.573 e. The van der Waals surface area contributed by atoms with Gasteiger partial charge in [0.1, 0.15) is 11.6 Å². The number of alkyl halides is 3. The zero-order chi connectivity index (χ0) is 11.6. The molecule has 1 heterocycles. The van der Waals surface area contributed by atoms with Crippen molar-refractivity contribution in [2.45, 2.75) is 6.36 Å². The van der Waals surface area contributed by atoms with Crippen LogP contribution in [0.1, 0.15) is 10.4 Å². The fourth-order valence-corrected chi connectivity index (χ4v) is 0.951. The lowest BCUT2D eigenvalue weighted by molar-refractivity contribution is -0.274. The molecule has 2 N–H and O–H groups in total. The summed E-state index contributed by atoms with van der Waals surface area (Å²) in [5.74, 6) is -0.981. The van der Waals surface area contributed by atoms with E-state index in [0.717, 1.165) is 12.3 Å². The highest BCUT2D eigenvalue weighted by atomic mass is 35.5. The van der Waals surface area contributed by atoms with E-state index in [1.165, 1.54) is 0 Å². The number of nitrogen functional groups attached to an aromatic ring is 1. The molecule has 1 aromatic heterocycles. The minimum absolute atomic E-state index is 0.212. The maximum atomic E-state index is 11.9. The molecule has 0 aliphatic heterocycles. The number of carbonyl (C=O) groups excluding carboxylic acids is 1. The zero-order valence-corrected chi connectivity index (χ0v) is 7.76. The Labute approximate surface area is 86.8 Å². The van der Waals surface area contributed by atoms with Crippen LogP contribution >= 0.6 is 11.6 Å². The summed E-state index contributed by atoms with van der Waals surface area (Å²) in [6.07, 6.45) is -4.11. The molecular formula is C7H4ClF3N2O2. The third-order valence-electron chi connectivity index (χ3n) is 1.32. The highest BCUT2D eigenvalue weighted by Gasteiger charge is 2.33. The first-order chi connectivity index (χ1) is 6.79. The summed E-state index contributed by atoms with van der Waals surface area (Å²) in [6, 6.07) is 0.767. The molecule has 82 valence electrons. The van der Waals surface area contributed by atoms with E-state index in [0.29, 0.717) is 0 Å². The molecule has 0 saturated heterocycles. The Morgan fingerprint density at radius 3 is 2.60 bits per heavy atom. The van der Waals surface area contributed by atoms with Gasteiger partial charge in [0, 0.05) is 12.3 Å². The molecule has 15 heavy (non-hydrogen) atoms. The average molecular weight is 241 g/mol. The fraction of sp³-hybridized carbons (Fsp3) is 0.143. The summed E-state index contributed by atoms with van der Waals surface area (Å²) < 4.78 is 39.2. The van der Waals surface area contributed by atoms with Crippen molar-refractivity contribution in [1.82, 2.24) is 4.98 Å². The van der Waals surface area contributed by atoms with Crippen LogP contribution in [0.25, 0.3) is 0 Å². The summed E-state index contributed by atoms with van der Waals surface area (Å²) >= 11 is 5.02. The van der Waals surface area contributed by atoms with Crippen molar-refractivity contribution in [2.75, 3.05) is 5.73 Å². The van der Waals surface area contributed by atoms with Gasteiger partial charge in [-0.3, -0.25) is 4.79 Å². The van der Waals surface area contributed by atoms with E-state index in [2.05, 4.69) is 9.72 Å². The van der Waals surface area contributed by atoms with Crippen molar-refractivity contribution < 1.29 is 22.7 Å². The topological polar surface area (TPSA) is 65.2 Å². The molecule has 0 aliphatic carbocycles. The number of aromatic nitrogens is 1. The monoisotopic (exact) mass is 240 g/mol. The molecule has 4 nitrogen and oxygen atoms in total. The number of anilines is 1. The van der Waals surface area contributed by atoms with Gasteiger partial charge in [-0.25, -0.2) is 4.98 Å². The minimum atomic E-state index is -4.92. The van der Waals surface area contributed by atoms with E-state index in [1.807, 2.05) is 0 Å². The summed E-state index contributed by atoms with van der Waals surface area (Å²) in [6.45, 7) is 0. The summed E-state index contributed by atoms with van der Waals surface area (Å²) in [5, 5.41) is -1.11. The Hall–Kier alpha value is -1.50. The van der Waals surface area contributed by atoms with Crippen molar-refractivity contribution in [3.63, 3.8) is 0 Å². The highest BCUT2D eigenvalue weighted by molar-refractivity contribution is 6.68. The van der Waals surface area contributed by atoms with Gasteiger partial charge in [-0.05, 0) is 11.6 Å². The van der Waals surface area contributed by atoms with Gasteiger partial charge in [0.2, 0.25) is 0 Å². The second-order valence-corrected chi connectivity index (χ2v) is 2.77. The molecule has 1 aromatic rings. The van der Waals surface area contributed by atoms with Crippen molar-refractivity contribution in [3.8, 4) is 5.75 Å². The first-order valence-corrected chi connectivity index (χ1v) is 3.88. The Balaban J connectivity index is 3.13. The molecule has 0 unspecified atom stereocenters. The van der Waals surface area contributed by atoms with Crippen LogP contribution in [0.5, 0.6) is 5.75 Å². The fourth-order valence-electron chi connectivity index (χ4n) is 0.809. The van der Waals surface area contributed by atoms with Crippen LogP contribution in [0.3, 0.4) is 0 Å². The molecule has 0 bridgehead atoms. The quantitative estimate of drug-likeness (QED) is 0.803. The molecule has 0 aromatic carbocycles. The lowest BCUT2D eigenvalue weighted by Crippen LogP contribution is -2.19. The van der Waals surface area contributed by atoms with Gasteiger partial charge in [0.25, 0.3) is 5.24 Å². The van der Waals surface area contributed by atoms with Gasteiger partial charge in [-0.1, -0.05) is 0 Å². The van der Waals surface area contributed by atoms with Gasteiger partial charge in [0.15, 0.2) is 0 Å². The van der Waals surface area contributed by atoms with Crippen LogP contribution in [0.15, 0.2) is 12.3 Å². The second kappa shape index (κ2) is 3.93. The average Bonchev–Trinajstić information content (AvgIpc) is 1.99. The molecule has 0 radical (unpaired) electrons. The van der Waals surface area contributed by atoms with Crippen molar-refractivity contribution in [3.05, 3.63) is 17.8 Å². The summed E-state index contributed by atoms with van der Waals surface area (Å²) in [4.78, 5) is 14.1. The molecule has 0 fully saturated rings. The molecule has 0 spiro atoms. The number of rotatable bonds is 2. The number of halogens is 4. The van der Waals surface area contributed by atoms with Gasteiger partial charge in [0.05, 0.1) is 5.56 Å². The van der Waals surface area contributed by atoms with E-state index in [4.69, 9.17) is 17.3 Å². The molecule has 0 amide bonds. The van der Waals surface area contributed by atoms with E-state index < -0.39 is 22.9 Å². The standard InChI is InChI=1S/C7H4ClF3N2O2/c8-6(14)3-2-13-5(12)1-4(3)15-7(9,10)11/h1-2H,(H2,12,13). The predicted octanol–water partition coefficient (Wildman–Crippen LogP) is 1.94. The van der Waals surface area contributed by atoms with Gasteiger partial charge in [-0.15, -0.1) is 13.2 Å². The van der Waals surface area contributed by atoms with Crippen molar-refractivity contribution in [2.24, 2.45) is 0 Å². The Morgan fingerprint density at radius 2 is 2.13 bits per heavy atom. The Kier molecular flexibility index (Phi) is 3.04. The van der Waals surface area contributed by atoms with Crippen LogP contribution in [0.4, 0.5) is 19.0 Å². The van der Waals surface area contributed by atoms with Crippen molar-refractivity contribution >= 4 is 22.7 Å². The number of ether oxygens (including phenoxy) is 1. The molecule has 8 heteroatoms. The number of hydrogen-bond donors (Lipinski definition) is 1. The predicted molar refractivity (Wildman–Crippen MR) is 45.5 cm³/mol. The van der Waals surface area contributed by atoms with Crippen LogP contribution in [0.2, 0.25) is 0 Å². The summed E-state index contributed by atoms with van der Waals surface area (Å²) in [7, 11) is 0. The number of carbonyl (C=O) groups is 1. The number of hydrogen-bond acceptors (Lipinski definition) is 4. The third-order valence-corrected chi connectivity index (χ3v) is 1.53. The van der Waals surface area contributed by atoms with Gasteiger partial charge >= 0.3 is 6.36 Å². The van der Waals surface area contributed by atoms with Crippen molar-refractivity contribution in [1.29, 1.82) is 0 Å². The van der Waals surface area contributed by atoms with Crippen LogP contribution < -0.4 is 10.5 Å². The SMILES string of the molecule is Nc1cc(OC(F)(F)F)c(C(=O)Cl)cn1. The molecule has 0 saturated carbocycles. The first kappa shape index (κ1) is 11.6. The first-order valence-electron chi connectivity index (χ1n) is 3.50. The lowest BCUT2D eigenvalue weighted by Gasteiger charge is -2.11. The third kappa shape index (κ3) is 3.28. The number of nitrogens with two attached hydrogens (primary N) is 1. The van der Waals surface area contributed by atoms with Crippen LogP contribution in [-0.2, 0) is 0 Å². The molecular weight excluding hydrogens is 237 g/mol. The zero-order valence-electron chi connectivity index (χ0n) is 7.01.